The summed E-state index contributed by atoms with van der Waals surface area (Å²) < 4.78 is 47.2. The van der Waals surface area contributed by atoms with E-state index in [0.29, 0.717) is 48.5 Å². The maximum Gasteiger partial charge on any atom is 0.415 e. The third-order valence-electron chi connectivity index (χ3n) is 12.8. The maximum atomic E-state index is 14.8. The van der Waals surface area contributed by atoms with E-state index in [0.717, 1.165) is 29.5 Å². The van der Waals surface area contributed by atoms with Gasteiger partial charge in [0.1, 0.15) is 42.3 Å². The number of rotatable bonds is 25. The van der Waals surface area contributed by atoms with Crippen LogP contribution in [0.3, 0.4) is 0 Å². The van der Waals surface area contributed by atoms with Crippen LogP contribution in [0.1, 0.15) is 67.6 Å². The van der Waals surface area contributed by atoms with E-state index in [4.69, 9.17) is 33.7 Å². The number of nitro benzene ring substituents is 1. The average molecular weight is 938 g/mol. The van der Waals surface area contributed by atoms with Gasteiger partial charge in [0.2, 0.25) is 5.79 Å². The van der Waals surface area contributed by atoms with Gasteiger partial charge in [-0.15, -0.1) is 6.58 Å². The number of aliphatic hydroxyl groups excluding tert-OH is 3. The van der Waals surface area contributed by atoms with Gasteiger partial charge in [-0.1, -0.05) is 78.7 Å². The normalized spacial score (nSPS) is 22.0. The van der Waals surface area contributed by atoms with Crippen molar-refractivity contribution in [3.05, 3.63) is 154 Å². The average Bonchev–Trinajstić information content (AvgIpc) is 3.35. The number of amides is 1. The first-order chi connectivity index (χ1) is 33.2. The third-order valence-corrected chi connectivity index (χ3v) is 12.8. The van der Waals surface area contributed by atoms with Gasteiger partial charge < -0.3 is 43.8 Å². The van der Waals surface area contributed by atoms with Gasteiger partial charge in [-0.2, -0.15) is 0 Å². The smallest absolute Gasteiger partial charge is 0.415 e. The Bertz CT molecular complexity index is 2370. The van der Waals surface area contributed by atoms with Crippen LogP contribution in [0.4, 0.5) is 14.9 Å². The van der Waals surface area contributed by atoms with E-state index in [1.54, 1.807) is 36.4 Å². The number of ether oxygens (including phenoxy) is 5. The van der Waals surface area contributed by atoms with E-state index in [1.165, 1.54) is 35.2 Å². The largest absolute Gasteiger partial charge is 0.489 e. The molecule has 7 rings (SSSR count). The Morgan fingerprint density at radius 3 is 2.37 bits per heavy atom. The molecule has 15 nitrogen and oxygen atoms in total. The predicted molar refractivity (Wildman–Crippen MR) is 251 cm³/mol. The van der Waals surface area contributed by atoms with E-state index < -0.39 is 34.7 Å². The summed E-state index contributed by atoms with van der Waals surface area (Å²) in [6.07, 6.45) is 7.09. The highest BCUT2D eigenvalue weighted by Crippen LogP contribution is 2.62. The molecule has 0 unspecified atom stereocenters. The number of non-ortho nitro benzene ring substituents is 1. The summed E-state index contributed by atoms with van der Waals surface area (Å²) in [5, 5.41) is 45.9. The Kier molecular flexibility index (Phi) is 17.7. The number of nitrogens with zero attached hydrogens (tertiary/aromatic N) is 3. The van der Waals surface area contributed by atoms with E-state index >= 15 is 0 Å². The molecule has 4 aromatic rings. The van der Waals surface area contributed by atoms with Crippen LogP contribution in [0.5, 0.6) is 17.2 Å². The van der Waals surface area contributed by atoms with Gasteiger partial charge in [-0.3, -0.25) is 15.0 Å². The van der Waals surface area contributed by atoms with Crippen LogP contribution >= 0.6 is 0 Å². The zero-order chi connectivity index (χ0) is 47.9. The minimum Gasteiger partial charge on any atom is -0.489 e. The van der Waals surface area contributed by atoms with Gasteiger partial charge in [0, 0.05) is 55.4 Å². The molecule has 4 aromatic carbocycles. The number of hydrogen-bond acceptors (Lipinski definition) is 13. The number of benzene rings is 4. The van der Waals surface area contributed by atoms with Gasteiger partial charge in [0.15, 0.2) is 0 Å². The van der Waals surface area contributed by atoms with Crippen LogP contribution < -0.4 is 14.2 Å². The first-order valence-corrected chi connectivity index (χ1v) is 23.2. The van der Waals surface area contributed by atoms with Gasteiger partial charge in [0.25, 0.3) is 5.69 Å². The van der Waals surface area contributed by atoms with Crippen molar-refractivity contribution in [3.63, 3.8) is 0 Å². The van der Waals surface area contributed by atoms with Gasteiger partial charge in [-0.05, 0) is 85.1 Å². The van der Waals surface area contributed by atoms with Crippen LogP contribution in [-0.4, -0.2) is 95.0 Å². The van der Waals surface area contributed by atoms with Gasteiger partial charge in [-0.25, -0.2) is 9.18 Å². The van der Waals surface area contributed by atoms with Crippen LogP contribution in [0.2, 0.25) is 0 Å². The fraction of sp³-hybridized carbons (Fsp3) is 0.423. The number of carbonyl (C=O) groups excluding carboxylic acids is 1. The molecule has 1 aliphatic heterocycles. The van der Waals surface area contributed by atoms with E-state index in [1.807, 2.05) is 36.4 Å². The summed E-state index contributed by atoms with van der Waals surface area (Å²) >= 11 is 0. The quantitative estimate of drug-likeness (QED) is 0.0248. The lowest BCUT2D eigenvalue weighted by atomic mass is 9.55. The zero-order valence-electron chi connectivity index (χ0n) is 38.0. The predicted octanol–water partition coefficient (Wildman–Crippen LogP) is 8.66. The molecule has 1 saturated carbocycles. The molecule has 3 N–H and O–H groups in total. The van der Waals surface area contributed by atoms with Gasteiger partial charge >= 0.3 is 6.09 Å². The summed E-state index contributed by atoms with van der Waals surface area (Å²) in [5.74, 6) is -2.22. The van der Waals surface area contributed by atoms with Crippen molar-refractivity contribution in [3.8, 4) is 17.2 Å². The van der Waals surface area contributed by atoms with E-state index in [9.17, 15) is 34.6 Å². The standard InChI is InChI=1S/C52H60FN3O12/c1-2-28-65-52-48(55(24-29-63-30-27-59)51(60)67-40-20-18-39(19-21-40)56(61)62)33-46(54-66-34-36-12-4-3-5-13-36)43-31-37(14-8-10-25-57)42(16-9-11-26-58)49(50(43)52)44-32-41(22-23-47(44)68-52)64-35-38-15-6-7-17-45(38)53/h2-7,12-13,15,17-23,31-32,37,42,48-50,57-59H,1,8-11,14,16,24-30,33-35H2/t37-,42+,48-,49+,50+,52+/m0/s1. The molecule has 0 aromatic heterocycles. The topological polar surface area (TPSA) is 192 Å². The molecule has 68 heavy (non-hydrogen) atoms. The molecular weight excluding hydrogens is 878 g/mol. The number of unbranched alkanes of at least 4 members (excludes halogenated alkanes) is 2. The highest BCUT2D eigenvalue weighted by atomic mass is 19.1. The molecule has 1 heterocycles. The Morgan fingerprint density at radius 1 is 0.912 bits per heavy atom. The Morgan fingerprint density at radius 2 is 1.65 bits per heavy atom. The second-order valence-corrected chi connectivity index (χ2v) is 17.1. The number of carbonyl (C=O) groups is 1. The van der Waals surface area contributed by atoms with Crippen molar-refractivity contribution in [2.45, 2.75) is 75.9 Å². The highest BCUT2D eigenvalue weighted by molar-refractivity contribution is 6.03. The SMILES string of the molecule is C=CCO[C@@]12Oc3ccc(OCc4ccccc4F)cc3[C@H]3[C@H](CCCCO)[C@@H](CCCCO)C=C(C(=NOCc4ccccc4)C[C@@H]1N(CCOCCO)C(=O)Oc1ccc([N+](=O)[O-])cc1)[C@H]32. The van der Waals surface area contributed by atoms with Crippen molar-refractivity contribution in [2.75, 3.05) is 46.2 Å². The van der Waals surface area contributed by atoms with Crippen LogP contribution in [0.15, 0.2) is 127 Å². The number of halogens is 1. The molecule has 3 aliphatic rings. The number of oxime groups is 1. The Hall–Kier alpha value is -6.17. The highest BCUT2D eigenvalue weighted by Gasteiger charge is 2.65. The number of aliphatic hydroxyl groups is 3. The second kappa shape index (κ2) is 24.2. The van der Waals surface area contributed by atoms with Crippen molar-refractivity contribution < 1.29 is 57.9 Å². The summed E-state index contributed by atoms with van der Waals surface area (Å²) in [6.45, 7) is 3.85. The number of allylic oxidation sites excluding steroid dienone is 1. The fourth-order valence-corrected chi connectivity index (χ4v) is 9.77. The van der Waals surface area contributed by atoms with Gasteiger partial charge in [0.05, 0.1) is 43.0 Å². The monoisotopic (exact) mass is 937 g/mol. The maximum absolute atomic E-state index is 14.8. The first kappa shape index (κ1) is 49.7. The molecule has 0 bridgehead atoms. The molecule has 1 fully saturated rings. The van der Waals surface area contributed by atoms with Crippen LogP contribution in [-0.2, 0) is 27.5 Å². The molecule has 16 heteroatoms. The van der Waals surface area contributed by atoms with Crippen LogP contribution in [0.25, 0.3) is 0 Å². The minimum absolute atomic E-state index is 0.00398. The molecule has 6 atom stereocenters. The summed E-state index contributed by atoms with van der Waals surface area (Å²) in [4.78, 5) is 33.4. The van der Waals surface area contributed by atoms with Crippen molar-refractivity contribution in [2.24, 2.45) is 22.9 Å². The molecule has 0 spiro atoms. The first-order valence-electron chi connectivity index (χ1n) is 23.2. The van der Waals surface area contributed by atoms with Crippen LogP contribution in [0, 0.1) is 33.7 Å². The van der Waals surface area contributed by atoms with E-state index in [2.05, 4.69) is 12.7 Å². The molecular formula is C52H60FN3O12. The summed E-state index contributed by atoms with van der Waals surface area (Å²) in [7, 11) is 0. The minimum atomic E-state index is -1.65. The third kappa shape index (κ3) is 11.7. The lowest BCUT2D eigenvalue weighted by molar-refractivity contribution is -0.384. The molecule has 2 aliphatic carbocycles. The second-order valence-electron chi connectivity index (χ2n) is 17.1. The number of hydrogen-bond donors (Lipinski definition) is 3. The lowest BCUT2D eigenvalue weighted by Gasteiger charge is -2.59. The van der Waals surface area contributed by atoms with Crippen molar-refractivity contribution >= 4 is 17.5 Å². The lowest BCUT2D eigenvalue weighted by Crippen LogP contribution is -2.70. The summed E-state index contributed by atoms with van der Waals surface area (Å²) in [5.41, 5.74) is 3.26. The zero-order valence-corrected chi connectivity index (χ0v) is 38.0. The Balaban J connectivity index is 1.42. The molecule has 362 valence electrons. The Labute approximate surface area is 395 Å². The fourth-order valence-electron chi connectivity index (χ4n) is 9.77. The molecule has 0 saturated heterocycles. The van der Waals surface area contributed by atoms with Crippen molar-refractivity contribution in [1.29, 1.82) is 0 Å². The van der Waals surface area contributed by atoms with E-state index in [-0.39, 0.29) is 94.9 Å². The van der Waals surface area contributed by atoms with Crippen molar-refractivity contribution in [1.82, 2.24) is 4.90 Å². The summed E-state index contributed by atoms with van der Waals surface area (Å²) in [6, 6.07) is 25.7. The molecule has 0 radical (unpaired) electrons. The molecule has 1 amide bonds. The number of nitro groups is 1. The number of fused-ring (bicyclic) bond motifs is 2.